The molecule has 0 radical (unpaired) electrons. The van der Waals surface area contributed by atoms with Gasteiger partial charge in [-0.05, 0) is 25.1 Å². The first kappa shape index (κ1) is 14.6. The first-order valence-electron chi connectivity index (χ1n) is 5.26. The molecule has 0 aliphatic carbocycles. The van der Waals surface area contributed by atoms with Gasteiger partial charge in [0.15, 0.2) is 0 Å². The summed E-state index contributed by atoms with van der Waals surface area (Å²) in [7, 11) is 1.27. The fraction of sp³-hybridized carbons (Fsp3) is 0.333. The van der Waals surface area contributed by atoms with Crippen LogP contribution < -0.4 is 5.32 Å². The van der Waals surface area contributed by atoms with Gasteiger partial charge in [0.25, 0.3) is 5.91 Å². The lowest BCUT2D eigenvalue weighted by Crippen LogP contribution is -2.34. The van der Waals surface area contributed by atoms with Crippen LogP contribution >= 0.6 is 15.9 Å². The molecule has 0 spiro atoms. The molecule has 1 unspecified atom stereocenters. The molecule has 0 fully saturated rings. The minimum atomic E-state index is -0.610. The van der Waals surface area contributed by atoms with E-state index in [1.54, 1.807) is 6.92 Å². The van der Waals surface area contributed by atoms with Crippen LogP contribution in [0.25, 0.3) is 0 Å². The van der Waals surface area contributed by atoms with Crippen LogP contribution in [0.15, 0.2) is 22.7 Å². The first-order valence-corrected chi connectivity index (χ1v) is 6.06. The highest BCUT2D eigenvalue weighted by atomic mass is 79.9. The molecule has 1 rings (SSSR count). The number of benzene rings is 1. The van der Waals surface area contributed by atoms with Crippen LogP contribution in [0.4, 0.5) is 4.39 Å². The highest BCUT2D eigenvalue weighted by Gasteiger charge is 2.16. The fourth-order valence-corrected chi connectivity index (χ4v) is 1.72. The third kappa shape index (κ3) is 4.10. The van der Waals surface area contributed by atoms with Crippen LogP contribution in [0.2, 0.25) is 0 Å². The maximum absolute atomic E-state index is 13.4. The topological polar surface area (TPSA) is 55.4 Å². The van der Waals surface area contributed by atoms with Crippen molar-refractivity contribution < 1.29 is 18.7 Å². The lowest BCUT2D eigenvalue weighted by molar-refractivity contribution is -0.141. The number of carbonyl (C=O) groups is 2. The van der Waals surface area contributed by atoms with E-state index in [1.807, 2.05) is 0 Å². The second kappa shape index (κ2) is 6.49. The molecule has 0 heterocycles. The summed E-state index contributed by atoms with van der Waals surface area (Å²) in [4.78, 5) is 22.8. The molecule has 1 aromatic rings. The lowest BCUT2D eigenvalue weighted by atomic mass is 10.1. The van der Waals surface area contributed by atoms with Gasteiger partial charge in [-0.1, -0.05) is 15.9 Å². The molecule has 98 valence electrons. The Kier molecular flexibility index (Phi) is 5.27. The highest BCUT2D eigenvalue weighted by molar-refractivity contribution is 9.10. The number of methoxy groups -OCH3 is 1. The number of rotatable bonds is 4. The van der Waals surface area contributed by atoms with Crippen molar-refractivity contribution in [1.29, 1.82) is 0 Å². The predicted octanol–water partition coefficient (Wildman–Crippen LogP) is 2.27. The van der Waals surface area contributed by atoms with Gasteiger partial charge in [-0.15, -0.1) is 0 Å². The number of carbonyl (C=O) groups excluding carboxylic acids is 2. The van der Waals surface area contributed by atoms with Crippen molar-refractivity contribution >= 4 is 27.8 Å². The largest absolute Gasteiger partial charge is 0.469 e. The van der Waals surface area contributed by atoms with Gasteiger partial charge >= 0.3 is 5.97 Å². The fourth-order valence-electron chi connectivity index (χ4n) is 1.36. The predicted molar refractivity (Wildman–Crippen MR) is 67.7 cm³/mol. The Morgan fingerprint density at radius 2 is 2.17 bits per heavy atom. The van der Waals surface area contributed by atoms with E-state index in [0.717, 1.165) is 0 Å². The second-order valence-corrected chi connectivity index (χ2v) is 4.69. The molecule has 0 aliphatic rings. The zero-order valence-corrected chi connectivity index (χ0v) is 11.6. The summed E-state index contributed by atoms with van der Waals surface area (Å²) in [6.07, 6.45) is 0.0395. The monoisotopic (exact) mass is 317 g/mol. The molecule has 0 saturated heterocycles. The van der Waals surface area contributed by atoms with Crippen LogP contribution in [0.3, 0.4) is 0 Å². The van der Waals surface area contributed by atoms with E-state index in [9.17, 15) is 14.0 Å². The van der Waals surface area contributed by atoms with Gasteiger partial charge < -0.3 is 10.1 Å². The Labute approximate surface area is 113 Å². The number of halogens is 2. The van der Waals surface area contributed by atoms with E-state index < -0.39 is 23.7 Å². The third-order valence-corrected chi connectivity index (χ3v) is 2.74. The van der Waals surface area contributed by atoms with E-state index >= 15 is 0 Å². The van der Waals surface area contributed by atoms with E-state index in [0.29, 0.717) is 4.47 Å². The molecule has 1 atom stereocenters. The Balaban J connectivity index is 2.70. The quantitative estimate of drug-likeness (QED) is 0.867. The Morgan fingerprint density at radius 1 is 1.50 bits per heavy atom. The molecule has 0 aromatic heterocycles. The van der Waals surface area contributed by atoms with Crippen LogP contribution in [0, 0.1) is 5.82 Å². The van der Waals surface area contributed by atoms with Gasteiger partial charge in [-0.2, -0.15) is 0 Å². The smallest absolute Gasteiger partial charge is 0.307 e. The molecule has 18 heavy (non-hydrogen) atoms. The number of ether oxygens (including phenoxy) is 1. The number of nitrogens with one attached hydrogen (secondary N) is 1. The van der Waals surface area contributed by atoms with Crippen LogP contribution in [0.5, 0.6) is 0 Å². The van der Waals surface area contributed by atoms with Gasteiger partial charge in [-0.3, -0.25) is 9.59 Å². The van der Waals surface area contributed by atoms with E-state index in [4.69, 9.17) is 0 Å². The normalized spacial score (nSPS) is 11.8. The minimum absolute atomic E-state index is 0.0395. The molecule has 6 heteroatoms. The summed E-state index contributed by atoms with van der Waals surface area (Å²) in [5, 5.41) is 2.53. The Morgan fingerprint density at radius 3 is 2.78 bits per heavy atom. The van der Waals surface area contributed by atoms with Gasteiger partial charge in [0.2, 0.25) is 0 Å². The molecular weight excluding hydrogens is 305 g/mol. The summed E-state index contributed by atoms with van der Waals surface area (Å²) < 4.78 is 18.5. The van der Waals surface area contributed by atoms with Crippen molar-refractivity contribution in [2.24, 2.45) is 0 Å². The molecule has 0 saturated carbocycles. The summed E-state index contributed by atoms with van der Waals surface area (Å²) in [5.41, 5.74) is -0.0684. The van der Waals surface area contributed by atoms with Gasteiger partial charge in [0, 0.05) is 10.5 Å². The van der Waals surface area contributed by atoms with Crippen LogP contribution in [0.1, 0.15) is 23.7 Å². The Hall–Kier alpha value is -1.43. The number of amides is 1. The molecule has 0 aliphatic heterocycles. The van der Waals surface area contributed by atoms with E-state index in [-0.39, 0.29) is 12.0 Å². The van der Waals surface area contributed by atoms with E-state index in [1.165, 1.54) is 25.3 Å². The number of hydrogen-bond acceptors (Lipinski definition) is 3. The van der Waals surface area contributed by atoms with Crippen LogP contribution in [-0.4, -0.2) is 25.0 Å². The average molecular weight is 318 g/mol. The summed E-state index contributed by atoms with van der Waals surface area (Å²) >= 11 is 3.16. The van der Waals surface area contributed by atoms with Gasteiger partial charge in [-0.25, -0.2) is 4.39 Å². The Bertz CT molecular complexity index is 465. The van der Waals surface area contributed by atoms with Gasteiger partial charge in [0.1, 0.15) is 5.82 Å². The zero-order chi connectivity index (χ0) is 13.7. The third-order valence-electron chi connectivity index (χ3n) is 2.25. The summed E-state index contributed by atoms with van der Waals surface area (Å²) in [5.74, 6) is -1.61. The number of hydrogen-bond donors (Lipinski definition) is 1. The SMILES string of the molecule is COC(=O)CC(C)NC(=O)c1cc(Br)ccc1F. The van der Waals surface area contributed by atoms with Crippen LogP contribution in [-0.2, 0) is 9.53 Å². The molecule has 4 nitrogen and oxygen atoms in total. The maximum atomic E-state index is 13.4. The maximum Gasteiger partial charge on any atom is 0.307 e. The second-order valence-electron chi connectivity index (χ2n) is 3.78. The van der Waals surface area contributed by atoms with Crippen molar-refractivity contribution in [1.82, 2.24) is 5.32 Å². The van der Waals surface area contributed by atoms with E-state index in [2.05, 4.69) is 26.0 Å². The standard InChI is InChI=1S/C12H13BrFNO3/c1-7(5-11(16)18-2)15-12(17)9-6-8(13)3-4-10(9)14/h3-4,6-7H,5H2,1-2H3,(H,15,17). The molecule has 1 N–H and O–H groups in total. The summed E-state index contributed by atoms with van der Waals surface area (Å²) in [6, 6.07) is 3.66. The summed E-state index contributed by atoms with van der Waals surface area (Å²) in [6.45, 7) is 1.64. The minimum Gasteiger partial charge on any atom is -0.469 e. The lowest BCUT2D eigenvalue weighted by Gasteiger charge is -2.13. The molecule has 1 amide bonds. The molecular formula is C12H13BrFNO3. The van der Waals surface area contributed by atoms with Crippen molar-refractivity contribution in [2.75, 3.05) is 7.11 Å². The molecule has 0 bridgehead atoms. The first-order chi connectivity index (χ1) is 8.43. The molecule has 1 aromatic carbocycles. The average Bonchev–Trinajstić information content (AvgIpc) is 2.31. The zero-order valence-electron chi connectivity index (χ0n) is 10.00. The number of esters is 1. The van der Waals surface area contributed by atoms with Gasteiger partial charge in [0.05, 0.1) is 19.1 Å². The van der Waals surface area contributed by atoms with Crippen molar-refractivity contribution in [3.8, 4) is 0 Å². The van der Waals surface area contributed by atoms with Crippen molar-refractivity contribution in [3.63, 3.8) is 0 Å². The van der Waals surface area contributed by atoms with Crippen molar-refractivity contribution in [3.05, 3.63) is 34.1 Å². The highest BCUT2D eigenvalue weighted by Crippen LogP contribution is 2.15. The van der Waals surface area contributed by atoms with Crippen molar-refractivity contribution in [2.45, 2.75) is 19.4 Å².